The standard InChI is InChI=1S/C26H19BrCl3N5O4/c1-13-9-15(28)11-16(24(36)32-19(26(38)39)10-14-5-2-3-6-17(14)29)22(13)33-25(37)20-12-21(27)34-35(20)23-18(30)7-4-8-31-23/h2-9,11-12,19H,10H2,1H3,(H,32,36)(H,33,37)(H,38,39). The van der Waals surface area contributed by atoms with E-state index in [-0.39, 0.29) is 39.2 Å². The average Bonchev–Trinajstić information content (AvgIpc) is 3.27. The molecule has 0 bridgehead atoms. The van der Waals surface area contributed by atoms with Crippen molar-refractivity contribution < 1.29 is 19.5 Å². The third-order valence-electron chi connectivity index (χ3n) is 5.62. The number of aryl methyl sites for hydroxylation is 1. The smallest absolute Gasteiger partial charge is 0.326 e. The molecule has 1 atom stereocenters. The van der Waals surface area contributed by atoms with Crippen LogP contribution in [0.5, 0.6) is 0 Å². The van der Waals surface area contributed by atoms with E-state index in [2.05, 4.69) is 36.6 Å². The SMILES string of the molecule is Cc1cc(Cl)cc(C(=O)NC(Cc2ccccc2Cl)C(=O)O)c1NC(=O)c1cc(Br)nn1-c1ncccc1Cl. The molecule has 9 nitrogen and oxygen atoms in total. The summed E-state index contributed by atoms with van der Waals surface area (Å²) in [6.45, 7) is 1.65. The van der Waals surface area contributed by atoms with E-state index >= 15 is 0 Å². The van der Waals surface area contributed by atoms with Crippen LogP contribution in [0.15, 0.2) is 65.4 Å². The van der Waals surface area contributed by atoms with E-state index in [1.165, 1.54) is 23.0 Å². The summed E-state index contributed by atoms with van der Waals surface area (Å²) in [5.74, 6) is -2.41. The van der Waals surface area contributed by atoms with Gasteiger partial charge in [-0.2, -0.15) is 5.10 Å². The lowest BCUT2D eigenvalue weighted by atomic mass is 10.0. The molecule has 200 valence electrons. The summed E-state index contributed by atoms with van der Waals surface area (Å²) in [4.78, 5) is 42.9. The van der Waals surface area contributed by atoms with E-state index < -0.39 is 23.8 Å². The van der Waals surface area contributed by atoms with Crippen molar-refractivity contribution in [2.45, 2.75) is 19.4 Å². The number of halogens is 4. The highest BCUT2D eigenvalue weighted by Crippen LogP contribution is 2.28. The molecule has 2 aromatic carbocycles. The van der Waals surface area contributed by atoms with Gasteiger partial charge in [0.15, 0.2) is 5.82 Å². The van der Waals surface area contributed by atoms with Gasteiger partial charge in [-0.3, -0.25) is 9.59 Å². The van der Waals surface area contributed by atoms with Gasteiger partial charge in [0, 0.05) is 28.7 Å². The number of benzene rings is 2. The number of anilines is 1. The molecule has 0 aliphatic carbocycles. The van der Waals surface area contributed by atoms with Gasteiger partial charge in [-0.25, -0.2) is 14.5 Å². The van der Waals surface area contributed by atoms with Gasteiger partial charge in [0.2, 0.25) is 0 Å². The van der Waals surface area contributed by atoms with E-state index in [0.717, 1.165) is 0 Å². The van der Waals surface area contributed by atoms with Crippen LogP contribution in [0.3, 0.4) is 0 Å². The lowest BCUT2D eigenvalue weighted by Crippen LogP contribution is -2.42. The first-order chi connectivity index (χ1) is 18.5. The highest BCUT2D eigenvalue weighted by Gasteiger charge is 2.26. The van der Waals surface area contributed by atoms with Crippen LogP contribution in [0.25, 0.3) is 5.82 Å². The summed E-state index contributed by atoms with van der Waals surface area (Å²) < 4.78 is 1.61. The second kappa shape index (κ2) is 12.2. The van der Waals surface area contributed by atoms with E-state index in [0.29, 0.717) is 20.8 Å². The van der Waals surface area contributed by atoms with Gasteiger partial charge < -0.3 is 15.7 Å². The number of carbonyl (C=O) groups is 3. The molecule has 2 heterocycles. The first kappa shape index (κ1) is 28.6. The number of hydrogen-bond acceptors (Lipinski definition) is 5. The predicted octanol–water partition coefficient (Wildman–Crippen LogP) is 5.98. The van der Waals surface area contributed by atoms with Gasteiger partial charge in [-0.1, -0.05) is 53.0 Å². The van der Waals surface area contributed by atoms with Crippen LogP contribution in [0.4, 0.5) is 5.69 Å². The van der Waals surface area contributed by atoms with Crippen molar-refractivity contribution in [3.63, 3.8) is 0 Å². The Kier molecular flexibility index (Phi) is 8.91. The van der Waals surface area contributed by atoms with Crippen molar-refractivity contribution in [3.8, 4) is 5.82 Å². The molecule has 39 heavy (non-hydrogen) atoms. The summed E-state index contributed by atoms with van der Waals surface area (Å²) in [5.41, 5.74) is 1.21. The molecule has 0 fully saturated rings. The monoisotopic (exact) mass is 649 g/mol. The van der Waals surface area contributed by atoms with Crippen molar-refractivity contribution in [2.24, 2.45) is 0 Å². The Bertz CT molecular complexity index is 1590. The maximum Gasteiger partial charge on any atom is 0.326 e. The van der Waals surface area contributed by atoms with Crippen molar-refractivity contribution in [3.05, 3.63) is 103 Å². The van der Waals surface area contributed by atoms with Crippen molar-refractivity contribution in [1.29, 1.82) is 0 Å². The second-order valence-electron chi connectivity index (χ2n) is 8.33. The van der Waals surface area contributed by atoms with Crippen LogP contribution in [0.2, 0.25) is 15.1 Å². The molecule has 3 N–H and O–H groups in total. The number of nitrogens with zero attached hydrogens (tertiary/aromatic N) is 3. The van der Waals surface area contributed by atoms with Gasteiger partial charge in [0.25, 0.3) is 11.8 Å². The highest BCUT2D eigenvalue weighted by atomic mass is 79.9. The first-order valence-corrected chi connectivity index (χ1v) is 13.2. The molecule has 0 aliphatic rings. The fourth-order valence-corrected chi connectivity index (χ4v) is 4.86. The van der Waals surface area contributed by atoms with Crippen LogP contribution in [-0.4, -0.2) is 43.7 Å². The normalized spacial score (nSPS) is 11.6. The number of rotatable bonds is 8. The van der Waals surface area contributed by atoms with E-state index in [4.69, 9.17) is 34.8 Å². The Morgan fingerprint density at radius 1 is 1.03 bits per heavy atom. The molecule has 4 aromatic rings. The van der Waals surface area contributed by atoms with Crippen LogP contribution in [0, 0.1) is 6.92 Å². The molecule has 2 amide bonds. The largest absolute Gasteiger partial charge is 0.480 e. The number of carbonyl (C=O) groups excluding carboxylic acids is 2. The topological polar surface area (TPSA) is 126 Å². The van der Waals surface area contributed by atoms with Gasteiger partial charge in [0.1, 0.15) is 16.3 Å². The molecule has 0 aliphatic heterocycles. The molecule has 2 aromatic heterocycles. The fourth-order valence-electron chi connectivity index (χ4n) is 3.79. The maximum atomic E-state index is 13.4. The summed E-state index contributed by atoms with van der Waals surface area (Å²) >= 11 is 21.9. The molecule has 0 radical (unpaired) electrons. The average molecular weight is 652 g/mol. The Morgan fingerprint density at radius 2 is 1.74 bits per heavy atom. The van der Waals surface area contributed by atoms with Gasteiger partial charge in [-0.15, -0.1) is 0 Å². The summed E-state index contributed by atoms with van der Waals surface area (Å²) in [6, 6.07) is 13.1. The minimum absolute atomic E-state index is 0.0280. The van der Waals surface area contributed by atoms with Crippen molar-refractivity contribution in [1.82, 2.24) is 20.1 Å². The maximum absolute atomic E-state index is 13.4. The number of nitrogens with one attached hydrogen (secondary N) is 2. The lowest BCUT2D eigenvalue weighted by molar-refractivity contribution is -0.139. The quantitative estimate of drug-likeness (QED) is 0.215. The third-order valence-corrected chi connectivity index (χ3v) is 6.89. The number of hydrogen-bond donors (Lipinski definition) is 3. The van der Waals surface area contributed by atoms with E-state index in [9.17, 15) is 19.5 Å². The van der Waals surface area contributed by atoms with Gasteiger partial charge in [-0.05, 0) is 64.3 Å². The number of amides is 2. The zero-order chi connectivity index (χ0) is 28.3. The third kappa shape index (κ3) is 6.59. The fraction of sp³-hybridized carbons (Fsp3) is 0.115. The molecular weight excluding hydrogens is 633 g/mol. The number of aliphatic carboxylic acids is 1. The van der Waals surface area contributed by atoms with Gasteiger partial charge >= 0.3 is 5.97 Å². The van der Waals surface area contributed by atoms with Crippen LogP contribution < -0.4 is 10.6 Å². The van der Waals surface area contributed by atoms with Crippen molar-refractivity contribution in [2.75, 3.05) is 5.32 Å². The zero-order valence-electron chi connectivity index (χ0n) is 20.1. The van der Waals surface area contributed by atoms with E-state index in [1.54, 1.807) is 49.4 Å². The predicted molar refractivity (Wildman–Crippen MR) is 152 cm³/mol. The Morgan fingerprint density at radius 3 is 2.44 bits per heavy atom. The molecule has 1 unspecified atom stereocenters. The molecular formula is C26H19BrCl3N5O4. The molecule has 0 saturated heterocycles. The summed E-state index contributed by atoms with van der Waals surface area (Å²) in [6.07, 6.45) is 1.45. The number of carboxylic acid groups (broad SMARTS) is 1. The molecule has 4 rings (SSSR count). The highest BCUT2D eigenvalue weighted by molar-refractivity contribution is 9.10. The molecule has 0 saturated carbocycles. The zero-order valence-corrected chi connectivity index (χ0v) is 23.9. The Balaban J connectivity index is 1.65. The Hall–Kier alpha value is -3.44. The van der Waals surface area contributed by atoms with Crippen LogP contribution >= 0.6 is 50.7 Å². The molecule has 0 spiro atoms. The Labute approximate surface area is 246 Å². The molecule has 13 heteroatoms. The number of aromatic nitrogens is 3. The number of pyridine rings is 1. The minimum atomic E-state index is -1.30. The van der Waals surface area contributed by atoms with E-state index in [1.807, 2.05) is 0 Å². The summed E-state index contributed by atoms with van der Waals surface area (Å²) in [5, 5.41) is 20.1. The van der Waals surface area contributed by atoms with Crippen LogP contribution in [0.1, 0.15) is 32.0 Å². The minimum Gasteiger partial charge on any atom is -0.480 e. The second-order valence-corrected chi connectivity index (χ2v) is 10.4. The first-order valence-electron chi connectivity index (χ1n) is 11.3. The summed E-state index contributed by atoms with van der Waals surface area (Å²) in [7, 11) is 0. The van der Waals surface area contributed by atoms with Crippen molar-refractivity contribution >= 4 is 74.2 Å². The lowest BCUT2D eigenvalue weighted by Gasteiger charge is -2.19. The van der Waals surface area contributed by atoms with Crippen LogP contribution in [-0.2, 0) is 11.2 Å². The van der Waals surface area contributed by atoms with Gasteiger partial charge in [0.05, 0.1) is 16.3 Å². The number of carboxylic acids is 1.